The van der Waals surface area contributed by atoms with Crippen molar-refractivity contribution in [1.82, 2.24) is 14.9 Å². The Labute approximate surface area is 181 Å². The molecule has 1 aromatic carbocycles. The first kappa shape index (κ1) is 22.9. The van der Waals surface area contributed by atoms with E-state index in [9.17, 15) is 8.42 Å². The fourth-order valence-electron chi connectivity index (χ4n) is 4.40. The average Bonchev–Trinajstić information content (AvgIpc) is 3.18. The van der Waals surface area contributed by atoms with Gasteiger partial charge in [-0.15, -0.1) is 0 Å². The molecule has 7 nitrogen and oxygen atoms in total. The minimum Gasteiger partial charge on any atom is -0.487 e. The van der Waals surface area contributed by atoms with Gasteiger partial charge in [-0.3, -0.25) is 4.99 Å². The molecule has 1 aliphatic heterocycles. The molecule has 0 bridgehead atoms. The van der Waals surface area contributed by atoms with Crippen molar-refractivity contribution >= 4 is 16.0 Å². The number of para-hydroxylation sites is 1. The number of sulfonamides is 1. The number of benzene rings is 1. The highest BCUT2D eigenvalue weighted by molar-refractivity contribution is 7.89. The molecule has 1 unspecified atom stereocenters. The van der Waals surface area contributed by atoms with E-state index in [0.29, 0.717) is 19.5 Å². The Kier molecular flexibility index (Phi) is 7.63. The Bertz CT molecular complexity index is 835. The summed E-state index contributed by atoms with van der Waals surface area (Å²) in [6.45, 7) is 5.53. The minimum absolute atomic E-state index is 0.0689. The zero-order valence-corrected chi connectivity index (χ0v) is 19.3. The van der Waals surface area contributed by atoms with E-state index < -0.39 is 10.0 Å². The van der Waals surface area contributed by atoms with Gasteiger partial charge in [0.15, 0.2) is 5.96 Å². The van der Waals surface area contributed by atoms with Crippen LogP contribution in [0.15, 0.2) is 29.3 Å². The maximum Gasteiger partial charge on any atom is 0.213 e. The van der Waals surface area contributed by atoms with E-state index in [4.69, 9.17) is 9.73 Å². The van der Waals surface area contributed by atoms with E-state index in [1.54, 1.807) is 14.0 Å². The van der Waals surface area contributed by atoms with Crippen LogP contribution in [0.4, 0.5) is 0 Å². The van der Waals surface area contributed by atoms with Crippen LogP contribution in [-0.2, 0) is 10.0 Å². The number of nitrogens with one attached hydrogen (secondary N) is 2. The van der Waals surface area contributed by atoms with Crippen molar-refractivity contribution in [3.8, 4) is 5.75 Å². The molecule has 2 aliphatic rings. The summed E-state index contributed by atoms with van der Waals surface area (Å²) in [5.74, 6) is 1.88. The van der Waals surface area contributed by atoms with E-state index in [-0.39, 0.29) is 17.4 Å². The highest BCUT2D eigenvalue weighted by atomic mass is 32.2. The van der Waals surface area contributed by atoms with Gasteiger partial charge >= 0.3 is 0 Å². The van der Waals surface area contributed by atoms with Crippen LogP contribution in [0, 0.1) is 0 Å². The van der Waals surface area contributed by atoms with E-state index in [2.05, 4.69) is 35.8 Å². The van der Waals surface area contributed by atoms with Crippen LogP contribution in [0.1, 0.15) is 64.0 Å². The van der Waals surface area contributed by atoms with Crippen molar-refractivity contribution in [2.45, 2.75) is 64.0 Å². The second-order valence-corrected chi connectivity index (χ2v) is 10.6. The number of nitrogens with zero attached hydrogens (tertiary/aromatic N) is 2. The normalized spacial score (nSPS) is 20.8. The quantitative estimate of drug-likeness (QED) is 0.372. The lowest BCUT2D eigenvalue weighted by Gasteiger charge is -2.40. The summed E-state index contributed by atoms with van der Waals surface area (Å²) in [5.41, 5.74) is 1.11. The number of guanidine groups is 1. The molecule has 8 heteroatoms. The van der Waals surface area contributed by atoms with Crippen molar-refractivity contribution < 1.29 is 13.2 Å². The minimum atomic E-state index is -3.14. The summed E-state index contributed by atoms with van der Waals surface area (Å²) in [5, 5.41) is 6.96. The average molecular weight is 437 g/mol. The molecule has 1 spiro atoms. The lowest BCUT2D eigenvalue weighted by Crippen LogP contribution is -2.46. The summed E-state index contributed by atoms with van der Waals surface area (Å²) in [6.07, 6.45) is 6.26. The van der Waals surface area contributed by atoms with Crippen molar-refractivity contribution in [2.75, 3.05) is 32.4 Å². The van der Waals surface area contributed by atoms with Gasteiger partial charge in [-0.2, -0.15) is 0 Å². The summed E-state index contributed by atoms with van der Waals surface area (Å²) in [7, 11) is -1.51. The van der Waals surface area contributed by atoms with Gasteiger partial charge in [0.2, 0.25) is 10.0 Å². The predicted molar refractivity (Wildman–Crippen MR) is 121 cm³/mol. The SMILES string of the molecule is CCNC(=NCCCN(C)S(=O)(=O)CC)NC1CC2(CCCC2)Oc2ccccc21. The van der Waals surface area contributed by atoms with Crippen molar-refractivity contribution in [1.29, 1.82) is 0 Å². The van der Waals surface area contributed by atoms with Gasteiger partial charge in [0, 0.05) is 38.7 Å². The largest absolute Gasteiger partial charge is 0.487 e. The fourth-order valence-corrected chi connectivity index (χ4v) is 5.25. The summed E-state index contributed by atoms with van der Waals surface area (Å²) < 4.78 is 31.6. The molecule has 2 N–H and O–H groups in total. The maximum atomic E-state index is 11.9. The third kappa shape index (κ3) is 5.46. The second kappa shape index (κ2) is 10.0. The molecular weight excluding hydrogens is 400 g/mol. The Morgan fingerprint density at radius 3 is 2.70 bits per heavy atom. The van der Waals surface area contributed by atoms with Crippen molar-refractivity contribution in [3.05, 3.63) is 29.8 Å². The first-order valence-electron chi connectivity index (χ1n) is 11.2. The van der Waals surface area contributed by atoms with Crippen LogP contribution in [0.3, 0.4) is 0 Å². The Morgan fingerprint density at radius 2 is 2.00 bits per heavy atom. The van der Waals surface area contributed by atoms with Gasteiger partial charge in [0.25, 0.3) is 0 Å². The number of hydrogen-bond acceptors (Lipinski definition) is 4. The number of ether oxygens (including phenoxy) is 1. The number of aliphatic imine (C=N–C) groups is 1. The highest BCUT2D eigenvalue weighted by Gasteiger charge is 2.43. The lowest BCUT2D eigenvalue weighted by atomic mass is 9.86. The van der Waals surface area contributed by atoms with Crippen LogP contribution in [0.5, 0.6) is 5.75 Å². The summed E-state index contributed by atoms with van der Waals surface area (Å²) in [4.78, 5) is 4.71. The number of hydrogen-bond donors (Lipinski definition) is 2. The van der Waals surface area contributed by atoms with E-state index in [0.717, 1.165) is 37.5 Å². The second-order valence-electron chi connectivity index (χ2n) is 8.27. The number of rotatable bonds is 8. The number of fused-ring (bicyclic) bond motifs is 1. The molecule has 1 aliphatic carbocycles. The third-order valence-corrected chi connectivity index (χ3v) is 7.97. The van der Waals surface area contributed by atoms with Crippen molar-refractivity contribution in [3.63, 3.8) is 0 Å². The van der Waals surface area contributed by atoms with Crippen LogP contribution < -0.4 is 15.4 Å². The zero-order valence-electron chi connectivity index (χ0n) is 18.5. The smallest absolute Gasteiger partial charge is 0.213 e. The third-order valence-electron chi connectivity index (χ3n) is 6.11. The lowest BCUT2D eigenvalue weighted by molar-refractivity contribution is 0.0396. The molecule has 0 amide bonds. The highest BCUT2D eigenvalue weighted by Crippen LogP contribution is 2.46. The van der Waals surface area contributed by atoms with Crippen LogP contribution in [0.2, 0.25) is 0 Å². The van der Waals surface area contributed by atoms with Gasteiger partial charge in [0.1, 0.15) is 11.4 Å². The van der Waals surface area contributed by atoms with E-state index in [1.807, 2.05) is 6.07 Å². The first-order chi connectivity index (χ1) is 14.4. The van der Waals surface area contributed by atoms with Gasteiger partial charge < -0.3 is 15.4 Å². The van der Waals surface area contributed by atoms with Crippen molar-refractivity contribution in [2.24, 2.45) is 4.99 Å². The molecule has 0 radical (unpaired) electrons. The predicted octanol–water partition coefficient (Wildman–Crippen LogP) is 3.05. The molecule has 3 rings (SSSR count). The van der Waals surface area contributed by atoms with Gasteiger partial charge in [-0.05, 0) is 52.0 Å². The van der Waals surface area contributed by atoms with Crippen LogP contribution in [-0.4, -0.2) is 56.7 Å². The summed E-state index contributed by atoms with van der Waals surface area (Å²) in [6, 6.07) is 8.43. The maximum absolute atomic E-state index is 11.9. The zero-order chi connectivity index (χ0) is 21.6. The van der Waals surface area contributed by atoms with Gasteiger partial charge in [0.05, 0.1) is 11.8 Å². The Balaban J connectivity index is 1.67. The van der Waals surface area contributed by atoms with Crippen LogP contribution >= 0.6 is 0 Å². The summed E-state index contributed by atoms with van der Waals surface area (Å²) >= 11 is 0. The first-order valence-corrected chi connectivity index (χ1v) is 12.8. The monoisotopic (exact) mass is 436 g/mol. The standard InChI is InChI=1S/C22H36N4O3S/c1-4-23-21(24-15-10-16-26(3)30(27,28)5-2)25-19-17-22(13-8-9-14-22)29-20-12-7-6-11-18(19)20/h6-7,11-12,19H,4-5,8-10,13-17H2,1-3H3,(H2,23,24,25). The van der Waals surface area contributed by atoms with E-state index >= 15 is 0 Å². The molecule has 0 aromatic heterocycles. The molecule has 1 heterocycles. The van der Waals surface area contributed by atoms with Crippen LogP contribution in [0.25, 0.3) is 0 Å². The molecule has 1 fully saturated rings. The van der Waals surface area contributed by atoms with Gasteiger partial charge in [-0.1, -0.05) is 18.2 Å². The molecule has 168 valence electrons. The van der Waals surface area contributed by atoms with E-state index in [1.165, 1.54) is 22.7 Å². The molecule has 0 saturated heterocycles. The molecule has 1 saturated carbocycles. The Hall–Kier alpha value is -1.80. The molecule has 1 aromatic rings. The Morgan fingerprint density at radius 1 is 1.27 bits per heavy atom. The molecule has 1 atom stereocenters. The van der Waals surface area contributed by atoms with Gasteiger partial charge in [-0.25, -0.2) is 12.7 Å². The fraction of sp³-hybridized carbons (Fsp3) is 0.682. The molecule has 30 heavy (non-hydrogen) atoms. The topological polar surface area (TPSA) is 83.0 Å². The molecular formula is C22H36N4O3S.